The molecule has 0 saturated heterocycles. The maximum absolute atomic E-state index is 12.2. The van der Waals surface area contributed by atoms with Crippen LogP contribution in [0.2, 0.25) is 5.02 Å². The molecule has 0 aliphatic carbocycles. The van der Waals surface area contributed by atoms with Gasteiger partial charge in [-0.15, -0.1) is 0 Å². The van der Waals surface area contributed by atoms with E-state index in [2.05, 4.69) is 10.6 Å². The SMILES string of the molecule is COc1ccccc1C(=O)NC(=S)Nc1ccc(C)c(Cl)c1. The van der Waals surface area contributed by atoms with E-state index in [1.807, 2.05) is 19.1 Å². The smallest absolute Gasteiger partial charge is 0.261 e. The molecule has 4 nitrogen and oxygen atoms in total. The van der Waals surface area contributed by atoms with Crippen molar-refractivity contribution in [1.82, 2.24) is 5.32 Å². The minimum Gasteiger partial charge on any atom is -0.496 e. The third kappa shape index (κ3) is 3.96. The lowest BCUT2D eigenvalue weighted by Gasteiger charge is -2.12. The van der Waals surface area contributed by atoms with Crippen LogP contribution in [0.5, 0.6) is 5.75 Å². The van der Waals surface area contributed by atoms with Crippen LogP contribution in [0.1, 0.15) is 15.9 Å². The zero-order valence-corrected chi connectivity index (χ0v) is 13.7. The third-order valence-electron chi connectivity index (χ3n) is 3.01. The number of para-hydroxylation sites is 1. The molecule has 2 aromatic rings. The first-order valence-electron chi connectivity index (χ1n) is 6.52. The predicted molar refractivity (Wildman–Crippen MR) is 92.9 cm³/mol. The molecule has 0 saturated carbocycles. The number of hydrogen-bond donors (Lipinski definition) is 2. The second-order valence-corrected chi connectivity index (χ2v) is 5.39. The highest BCUT2D eigenvalue weighted by Gasteiger charge is 2.12. The van der Waals surface area contributed by atoms with Gasteiger partial charge in [-0.3, -0.25) is 10.1 Å². The summed E-state index contributed by atoms with van der Waals surface area (Å²) in [5, 5.41) is 6.35. The van der Waals surface area contributed by atoms with Crippen molar-refractivity contribution in [2.75, 3.05) is 12.4 Å². The van der Waals surface area contributed by atoms with Crippen molar-refractivity contribution < 1.29 is 9.53 Å². The number of rotatable bonds is 3. The number of nitrogens with one attached hydrogen (secondary N) is 2. The zero-order chi connectivity index (χ0) is 16.1. The summed E-state index contributed by atoms with van der Waals surface area (Å²) in [5.41, 5.74) is 2.09. The van der Waals surface area contributed by atoms with E-state index in [4.69, 9.17) is 28.6 Å². The molecule has 6 heteroatoms. The molecule has 0 aliphatic heterocycles. The molecule has 0 aromatic heterocycles. The Morgan fingerprint density at radius 3 is 2.64 bits per heavy atom. The van der Waals surface area contributed by atoms with E-state index in [1.54, 1.807) is 30.3 Å². The van der Waals surface area contributed by atoms with E-state index in [0.29, 0.717) is 22.0 Å². The van der Waals surface area contributed by atoms with Gasteiger partial charge in [-0.25, -0.2) is 0 Å². The van der Waals surface area contributed by atoms with Gasteiger partial charge in [0.05, 0.1) is 12.7 Å². The Morgan fingerprint density at radius 2 is 1.95 bits per heavy atom. The minimum atomic E-state index is -0.340. The van der Waals surface area contributed by atoms with Crippen LogP contribution in [0.4, 0.5) is 5.69 Å². The number of benzene rings is 2. The number of carbonyl (C=O) groups excluding carboxylic acids is 1. The van der Waals surface area contributed by atoms with Crippen LogP contribution >= 0.6 is 23.8 Å². The molecule has 0 radical (unpaired) electrons. The van der Waals surface area contributed by atoms with Crippen LogP contribution in [0.15, 0.2) is 42.5 Å². The molecule has 0 atom stereocenters. The van der Waals surface area contributed by atoms with Gasteiger partial charge >= 0.3 is 0 Å². The molecule has 22 heavy (non-hydrogen) atoms. The van der Waals surface area contributed by atoms with E-state index in [9.17, 15) is 4.79 Å². The average Bonchev–Trinajstić information content (AvgIpc) is 2.50. The van der Waals surface area contributed by atoms with E-state index in [-0.39, 0.29) is 11.0 Å². The van der Waals surface area contributed by atoms with Gasteiger partial charge in [-0.2, -0.15) is 0 Å². The maximum atomic E-state index is 12.2. The summed E-state index contributed by atoms with van der Waals surface area (Å²) < 4.78 is 5.15. The van der Waals surface area contributed by atoms with Crippen molar-refractivity contribution >= 4 is 40.5 Å². The number of halogens is 1. The molecule has 0 aliphatic rings. The fourth-order valence-corrected chi connectivity index (χ4v) is 2.23. The van der Waals surface area contributed by atoms with E-state index >= 15 is 0 Å². The largest absolute Gasteiger partial charge is 0.496 e. The van der Waals surface area contributed by atoms with E-state index < -0.39 is 0 Å². The first kappa shape index (κ1) is 16.3. The van der Waals surface area contributed by atoms with Gasteiger partial charge in [0.25, 0.3) is 5.91 Å². The highest BCUT2D eigenvalue weighted by molar-refractivity contribution is 7.80. The lowest BCUT2D eigenvalue weighted by Crippen LogP contribution is -2.34. The van der Waals surface area contributed by atoms with Gasteiger partial charge in [-0.1, -0.05) is 29.8 Å². The first-order chi connectivity index (χ1) is 10.5. The van der Waals surface area contributed by atoms with Crippen molar-refractivity contribution in [1.29, 1.82) is 0 Å². The summed E-state index contributed by atoms with van der Waals surface area (Å²) in [4.78, 5) is 12.2. The van der Waals surface area contributed by atoms with Crippen molar-refractivity contribution in [3.63, 3.8) is 0 Å². The number of ether oxygens (including phenoxy) is 1. The molecule has 0 spiro atoms. The topological polar surface area (TPSA) is 50.4 Å². The molecule has 2 aromatic carbocycles. The Morgan fingerprint density at radius 1 is 1.23 bits per heavy atom. The van der Waals surface area contributed by atoms with Crippen LogP contribution in [-0.2, 0) is 0 Å². The lowest BCUT2D eigenvalue weighted by atomic mass is 10.2. The Labute approximate surface area is 139 Å². The number of thiocarbonyl (C=S) groups is 1. The fourth-order valence-electron chi connectivity index (χ4n) is 1.84. The van der Waals surface area contributed by atoms with Gasteiger partial charge in [0, 0.05) is 10.7 Å². The molecule has 1 amide bonds. The van der Waals surface area contributed by atoms with Crippen molar-refractivity contribution in [2.24, 2.45) is 0 Å². The minimum absolute atomic E-state index is 0.191. The summed E-state index contributed by atoms with van der Waals surface area (Å²) in [5.74, 6) is 0.148. The number of carbonyl (C=O) groups is 1. The average molecular weight is 335 g/mol. The number of aryl methyl sites for hydroxylation is 1. The van der Waals surface area contributed by atoms with Gasteiger partial charge in [0.2, 0.25) is 0 Å². The molecule has 2 rings (SSSR count). The summed E-state index contributed by atoms with van der Waals surface area (Å²) in [6.07, 6.45) is 0. The Balaban J connectivity index is 2.05. The fraction of sp³-hybridized carbons (Fsp3) is 0.125. The normalized spacial score (nSPS) is 9.95. The summed E-state index contributed by atoms with van der Waals surface area (Å²) in [6.45, 7) is 1.91. The van der Waals surface area contributed by atoms with Crippen LogP contribution in [0.3, 0.4) is 0 Å². The highest BCUT2D eigenvalue weighted by Crippen LogP contribution is 2.20. The van der Waals surface area contributed by atoms with Gasteiger partial charge in [0.1, 0.15) is 5.75 Å². The number of anilines is 1. The van der Waals surface area contributed by atoms with Crippen LogP contribution in [-0.4, -0.2) is 18.1 Å². The molecule has 0 unspecified atom stereocenters. The van der Waals surface area contributed by atoms with Crippen molar-refractivity contribution in [3.05, 3.63) is 58.6 Å². The number of amides is 1. The Hall–Kier alpha value is -2.11. The molecule has 2 N–H and O–H groups in total. The molecule has 0 bridgehead atoms. The third-order valence-corrected chi connectivity index (χ3v) is 3.62. The quantitative estimate of drug-likeness (QED) is 0.839. The van der Waals surface area contributed by atoms with Crippen molar-refractivity contribution in [3.8, 4) is 5.75 Å². The zero-order valence-electron chi connectivity index (χ0n) is 12.1. The second-order valence-electron chi connectivity index (χ2n) is 4.57. The van der Waals surface area contributed by atoms with E-state index in [1.165, 1.54) is 7.11 Å². The maximum Gasteiger partial charge on any atom is 0.261 e. The lowest BCUT2D eigenvalue weighted by molar-refractivity contribution is 0.0975. The highest BCUT2D eigenvalue weighted by atomic mass is 35.5. The Kier molecular flexibility index (Phi) is 5.35. The molecular formula is C16H15ClN2O2S. The van der Waals surface area contributed by atoms with Gasteiger partial charge in [0.15, 0.2) is 5.11 Å². The first-order valence-corrected chi connectivity index (χ1v) is 7.31. The van der Waals surface area contributed by atoms with E-state index in [0.717, 1.165) is 5.56 Å². The predicted octanol–water partition coefficient (Wildman–Crippen LogP) is 3.78. The molecule has 0 fully saturated rings. The molecule has 114 valence electrons. The standard InChI is InChI=1S/C16H15ClN2O2S/c1-10-7-8-11(9-13(10)17)18-16(22)19-15(20)12-5-3-4-6-14(12)21-2/h3-9H,1-2H3,(H2,18,19,20,22). The Bertz CT molecular complexity index is 719. The van der Waals surface area contributed by atoms with Gasteiger partial charge < -0.3 is 10.1 Å². The molecule has 0 heterocycles. The number of methoxy groups -OCH3 is 1. The van der Waals surface area contributed by atoms with Crippen LogP contribution < -0.4 is 15.4 Å². The summed E-state index contributed by atoms with van der Waals surface area (Å²) >= 11 is 11.2. The summed E-state index contributed by atoms with van der Waals surface area (Å²) in [6, 6.07) is 12.4. The molecular weight excluding hydrogens is 320 g/mol. The second kappa shape index (κ2) is 7.24. The monoisotopic (exact) mass is 334 g/mol. The van der Waals surface area contributed by atoms with Gasteiger partial charge in [-0.05, 0) is 49.0 Å². The van der Waals surface area contributed by atoms with Crippen molar-refractivity contribution in [2.45, 2.75) is 6.92 Å². The van der Waals surface area contributed by atoms with Crippen LogP contribution in [0.25, 0.3) is 0 Å². The van der Waals surface area contributed by atoms with Crippen LogP contribution in [0, 0.1) is 6.92 Å². The number of hydrogen-bond acceptors (Lipinski definition) is 3. The summed E-state index contributed by atoms with van der Waals surface area (Å²) in [7, 11) is 1.51.